The molecule has 0 aromatic carbocycles. The predicted molar refractivity (Wildman–Crippen MR) is 78.2 cm³/mol. The number of anilines is 1. The molecule has 0 atom stereocenters. The number of methoxy groups -OCH3 is 1. The zero-order valence-electron chi connectivity index (χ0n) is 12.3. The Bertz CT molecular complexity index is 552. The van der Waals surface area contributed by atoms with Crippen LogP contribution in [0.5, 0.6) is 0 Å². The highest BCUT2D eigenvalue weighted by molar-refractivity contribution is 5.36. The molecular formula is C14H21N5O. The standard InChI is InChI=1S/C14H21N5O/c1-11-8-12(2)19(18-11)14-10-15-9-13(17-14)16-6-4-5-7-20-3/h8-10H,4-7H2,1-3H3,(H,16,17). The second-order valence-electron chi connectivity index (χ2n) is 4.73. The quantitative estimate of drug-likeness (QED) is 0.784. The Labute approximate surface area is 119 Å². The lowest BCUT2D eigenvalue weighted by Gasteiger charge is -2.07. The summed E-state index contributed by atoms with van der Waals surface area (Å²) >= 11 is 0. The number of nitrogens with zero attached hydrogens (tertiary/aromatic N) is 4. The van der Waals surface area contributed by atoms with Crippen LogP contribution >= 0.6 is 0 Å². The molecule has 20 heavy (non-hydrogen) atoms. The number of rotatable bonds is 7. The first-order valence-electron chi connectivity index (χ1n) is 6.79. The third-order valence-electron chi connectivity index (χ3n) is 2.93. The lowest BCUT2D eigenvalue weighted by Crippen LogP contribution is -2.08. The van der Waals surface area contributed by atoms with Gasteiger partial charge >= 0.3 is 0 Å². The van der Waals surface area contributed by atoms with Gasteiger partial charge in [0.15, 0.2) is 5.82 Å². The van der Waals surface area contributed by atoms with Gasteiger partial charge in [-0.15, -0.1) is 0 Å². The Morgan fingerprint density at radius 1 is 1.25 bits per heavy atom. The smallest absolute Gasteiger partial charge is 0.174 e. The number of unbranched alkanes of at least 4 members (excludes halogenated alkanes) is 1. The van der Waals surface area contributed by atoms with E-state index in [1.165, 1.54) is 0 Å². The van der Waals surface area contributed by atoms with Gasteiger partial charge in [-0.05, 0) is 32.8 Å². The minimum absolute atomic E-state index is 0.734. The van der Waals surface area contributed by atoms with Gasteiger partial charge in [-0.25, -0.2) is 9.67 Å². The first kappa shape index (κ1) is 14.5. The molecule has 0 spiro atoms. The molecule has 0 bridgehead atoms. The zero-order valence-corrected chi connectivity index (χ0v) is 12.3. The summed E-state index contributed by atoms with van der Waals surface area (Å²) in [5, 5.41) is 7.68. The Balaban J connectivity index is 1.99. The van der Waals surface area contributed by atoms with Crippen molar-refractivity contribution in [3.8, 4) is 5.82 Å². The Kier molecular flexibility index (Phi) is 5.06. The van der Waals surface area contributed by atoms with Gasteiger partial charge in [0.2, 0.25) is 0 Å². The maximum Gasteiger partial charge on any atom is 0.174 e. The number of hydrogen-bond acceptors (Lipinski definition) is 5. The fraction of sp³-hybridized carbons (Fsp3) is 0.500. The fourth-order valence-electron chi connectivity index (χ4n) is 1.99. The molecule has 0 unspecified atom stereocenters. The van der Waals surface area contributed by atoms with E-state index in [2.05, 4.69) is 20.4 Å². The molecule has 0 aliphatic carbocycles. The van der Waals surface area contributed by atoms with E-state index in [0.29, 0.717) is 0 Å². The van der Waals surface area contributed by atoms with Crippen molar-refractivity contribution in [1.82, 2.24) is 19.7 Å². The van der Waals surface area contributed by atoms with Crippen molar-refractivity contribution in [1.29, 1.82) is 0 Å². The number of aryl methyl sites for hydroxylation is 2. The van der Waals surface area contributed by atoms with Gasteiger partial charge < -0.3 is 10.1 Å². The molecule has 0 amide bonds. The van der Waals surface area contributed by atoms with Gasteiger partial charge in [-0.1, -0.05) is 0 Å². The number of hydrogen-bond donors (Lipinski definition) is 1. The van der Waals surface area contributed by atoms with E-state index >= 15 is 0 Å². The largest absolute Gasteiger partial charge is 0.385 e. The van der Waals surface area contributed by atoms with E-state index in [-0.39, 0.29) is 0 Å². The van der Waals surface area contributed by atoms with Crippen molar-refractivity contribution >= 4 is 5.82 Å². The maximum atomic E-state index is 5.02. The summed E-state index contributed by atoms with van der Waals surface area (Å²) in [7, 11) is 1.72. The topological polar surface area (TPSA) is 64.9 Å². The van der Waals surface area contributed by atoms with Gasteiger partial charge in [-0.2, -0.15) is 5.10 Å². The monoisotopic (exact) mass is 275 g/mol. The van der Waals surface area contributed by atoms with Gasteiger partial charge in [0.25, 0.3) is 0 Å². The molecule has 108 valence electrons. The van der Waals surface area contributed by atoms with Crippen LogP contribution in [-0.4, -0.2) is 40.0 Å². The molecule has 0 aliphatic rings. The van der Waals surface area contributed by atoms with E-state index in [0.717, 1.165) is 49.0 Å². The van der Waals surface area contributed by atoms with Crippen LogP contribution in [0, 0.1) is 13.8 Å². The molecule has 0 saturated heterocycles. The number of aromatic nitrogens is 4. The van der Waals surface area contributed by atoms with Crippen LogP contribution in [0.25, 0.3) is 5.82 Å². The molecule has 6 nitrogen and oxygen atoms in total. The molecular weight excluding hydrogens is 254 g/mol. The Morgan fingerprint density at radius 2 is 2.10 bits per heavy atom. The van der Waals surface area contributed by atoms with Crippen LogP contribution in [0.15, 0.2) is 18.5 Å². The predicted octanol–water partition coefficient (Wildman–Crippen LogP) is 2.12. The lowest BCUT2D eigenvalue weighted by molar-refractivity contribution is 0.194. The highest BCUT2D eigenvalue weighted by Crippen LogP contribution is 2.11. The number of nitrogens with one attached hydrogen (secondary N) is 1. The molecule has 2 heterocycles. The summed E-state index contributed by atoms with van der Waals surface area (Å²) in [6.07, 6.45) is 5.52. The summed E-state index contributed by atoms with van der Waals surface area (Å²) in [6, 6.07) is 2.02. The first-order chi connectivity index (χ1) is 9.70. The van der Waals surface area contributed by atoms with E-state index < -0.39 is 0 Å². The van der Waals surface area contributed by atoms with Crippen LogP contribution < -0.4 is 5.32 Å². The average Bonchev–Trinajstić information content (AvgIpc) is 2.78. The highest BCUT2D eigenvalue weighted by Gasteiger charge is 2.06. The van der Waals surface area contributed by atoms with Crippen LogP contribution in [0.4, 0.5) is 5.82 Å². The number of ether oxygens (including phenoxy) is 1. The van der Waals surface area contributed by atoms with Gasteiger partial charge in [0.05, 0.1) is 18.1 Å². The van der Waals surface area contributed by atoms with Crippen molar-refractivity contribution in [2.24, 2.45) is 0 Å². The summed E-state index contributed by atoms with van der Waals surface area (Å²) < 4.78 is 6.82. The molecule has 1 N–H and O–H groups in total. The second-order valence-corrected chi connectivity index (χ2v) is 4.73. The van der Waals surface area contributed by atoms with E-state index in [4.69, 9.17) is 4.74 Å². The van der Waals surface area contributed by atoms with Crippen LogP contribution in [0.2, 0.25) is 0 Å². The van der Waals surface area contributed by atoms with Gasteiger partial charge in [0, 0.05) is 26.0 Å². The Morgan fingerprint density at radius 3 is 2.80 bits per heavy atom. The molecule has 0 aliphatic heterocycles. The van der Waals surface area contributed by atoms with Gasteiger partial charge in [-0.3, -0.25) is 4.98 Å². The second kappa shape index (κ2) is 7.00. The molecule has 6 heteroatoms. The Hall–Kier alpha value is -1.95. The van der Waals surface area contributed by atoms with Crippen LogP contribution in [-0.2, 0) is 4.74 Å². The lowest BCUT2D eigenvalue weighted by atomic mass is 10.3. The minimum Gasteiger partial charge on any atom is -0.385 e. The van der Waals surface area contributed by atoms with Crippen molar-refractivity contribution in [2.75, 3.05) is 25.6 Å². The average molecular weight is 275 g/mol. The molecule has 2 rings (SSSR count). The maximum absolute atomic E-state index is 5.02. The highest BCUT2D eigenvalue weighted by atomic mass is 16.5. The third kappa shape index (κ3) is 3.77. The molecule has 2 aromatic rings. The van der Waals surface area contributed by atoms with E-state index in [9.17, 15) is 0 Å². The molecule has 0 fully saturated rings. The van der Waals surface area contributed by atoms with Gasteiger partial charge in [0.1, 0.15) is 5.82 Å². The van der Waals surface area contributed by atoms with Crippen molar-refractivity contribution in [3.63, 3.8) is 0 Å². The normalized spacial score (nSPS) is 10.8. The summed E-state index contributed by atoms with van der Waals surface area (Å²) in [6.45, 7) is 5.62. The first-order valence-corrected chi connectivity index (χ1v) is 6.79. The third-order valence-corrected chi connectivity index (χ3v) is 2.93. The molecule has 0 radical (unpaired) electrons. The summed E-state index contributed by atoms with van der Waals surface area (Å²) in [4.78, 5) is 8.75. The fourth-order valence-corrected chi connectivity index (χ4v) is 1.99. The summed E-state index contributed by atoms with van der Waals surface area (Å²) in [5.74, 6) is 1.50. The van der Waals surface area contributed by atoms with E-state index in [1.807, 2.05) is 19.9 Å². The molecule has 0 saturated carbocycles. The van der Waals surface area contributed by atoms with Crippen molar-refractivity contribution in [3.05, 3.63) is 29.8 Å². The molecule has 2 aromatic heterocycles. The van der Waals surface area contributed by atoms with Crippen LogP contribution in [0.3, 0.4) is 0 Å². The van der Waals surface area contributed by atoms with E-state index in [1.54, 1.807) is 24.2 Å². The summed E-state index contributed by atoms with van der Waals surface area (Å²) in [5.41, 5.74) is 2.02. The van der Waals surface area contributed by atoms with Crippen molar-refractivity contribution < 1.29 is 4.74 Å². The zero-order chi connectivity index (χ0) is 14.4. The van der Waals surface area contributed by atoms with Crippen molar-refractivity contribution in [2.45, 2.75) is 26.7 Å². The SMILES string of the molecule is COCCCCNc1cncc(-n2nc(C)cc2C)n1. The minimum atomic E-state index is 0.734. The van der Waals surface area contributed by atoms with Crippen LogP contribution in [0.1, 0.15) is 24.2 Å².